The third-order valence-corrected chi connectivity index (χ3v) is 4.71. The van der Waals surface area contributed by atoms with Gasteiger partial charge in [-0.3, -0.25) is 9.48 Å². The van der Waals surface area contributed by atoms with Crippen molar-refractivity contribution in [3.63, 3.8) is 0 Å². The fourth-order valence-electron chi connectivity index (χ4n) is 2.16. The first-order valence-corrected chi connectivity index (χ1v) is 8.36. The van der Waals surface area contributed by atoms with Crippen LogP contribution in [0, 0.1) is 6.92 Å². The highest BCUT2D eigenvalue weighted by Gasteiger charge is 2.17. The smallest absolute Gasteiger partial charge is 0.236 e. The van der Waals surface area contributed by atoms with Gasteiger partial charge in [0.25, 0.3) is 0 Å². The van der Waals surface area contributed by atoms with E-state index in [0.29, 0.717) is 13.1 Å². The first-order chi connectivity index (χ1) is 10.5. The van der Waals surface area contributed by atoms with Crippen molar-refractivity contribution in [2.45, 2.75) is 39.4 Å². The summed E-state index contributed by atoms with van der Waals surface area (Å²) >= 11 is 1.67. The van der Waals surface area contributed by atoms with Crippen molar-refractivity contribution in [1.29, 1.82) is 0 Å². The number of rotatable bonds is 7. The van der Waals surface area contributed by atoms with Crippen LogP contribution in [0.1, 0.15) is 30.3 Å². The van der Waals surface area contributed by atoms with E-state index < -0.39 is 0 Å². The molecule has 0 aliphatic rings. The van der Waals surface area contributed by atoms with E-state index >= 15 is 0 Å². The van der Waals surface area contributed by atoms with Crippen LogP contribution < -0.4 is 5.32 Å². The van der Waals surface area contributed by atoms with E-state index in [-0.39, 0.29) is 18.0 Å². The number of hydrogen-bond acceptors (Lipinski definition) is 4. The maximum absolute atomic E-state index is 12.2. The summed E-state index contributed by atoms with van der Waals surface area (Å²) in [5.41, 5.74) is 1.14. The molecule has 0 bridgehead atoms. The number of aryl methyl sites for hydroxylation is 1. The molecule has 0 fully saturated rings. The molecule has 0 saturated heterocycles. The number of nitrogens with one attached hydrogen (secondary N) is 1. The van der Waals surface area contributed by atoms with Crippen LogP contribution >= 0.6 is 11.3 Å². The van der Waals surface area contributed by atoms with Gasteiger partial charge in [-0.2, -0.15) is 5.10 Å². The Morgan fingerprint density at radius 3 is 2.86 bits per heavy atom. The van der Waals surface area contributed by atoms with Crippen LogP contribution in [0.5, 0.6) is 0 Å². The zero-order valence-electron chi connectivity index (χ0n) is 13.6. The van der Waals surface area contributed by atoms with E-state index in [1.165, 1.54) is 4.88 Å². The fourth-order valence-corrected chi connectivity index (χ4v) is 2.92. The highest BCUT2D eigenvalue weighted by molar-refractivity contribution is 7.09. The molecule has 2 rings (SSSR count). The van der Waals surface area contributed by atoms with Gasteiger partial charge in [-0.1, -0.05) is 6.07 Å². The first-order valence-electron chi connectivity index (χ1n) is 7.48. The molecule has 2 aromatic heterocycles. The maximum atomic E-state index is 12.2. The predicted octanol–water partition coefficient (Wildman–Crippen LogP) is 2.45. The number of carbonyl (C=O) groups is 1. The Hall–Kier alpha value is -1.66. The third kappa shape index (κ3) is 4.42. The minimum Gasteiger partial charge on any atom is -0.340 e. The van der Waals surface area contributed by atoms with Crippen molar-refractivity contribution < 1.29 is 4.79 Å². The molecule has 1 amide bonds. The van der Waals surface area contributed by atoms with Gasteiger partial charge < -0.3 is 10.2 Å². The molecule has 0 aliphatic carbocycles. The number of hydrogen-bond donors (Lipinski definition) is 1. The Bertz CT molecular complexity index is 593. The Morgan fingerprint density at radius 2 is 2.27 bits per heavy atom. The minimum absolute atomic E-state index is 0.101. The number of carbonyl (C=O) groups excluding carboxylic acids is 1. The largest absolute Gasteiger partial charge is 0.340 e. The van der Waals surface area contributed by atoms with Gasteiger partial charge in [0.1, 0.15) is 0 Å². The molecule has 22 heavy (non-hydrogen) atoms. The number of thiophene rings is 1. The molecule has 0 aromatic carbocycles. The zero-order chi connectivity index (χ0) is 16.1. The van der Waals surface area contributed by atoms with E-state index in [4.69, 9.17) is 0 Å². The van der Waals surface area contributed by atoms with E-state index in [2.05, 4.69) is 24.3 Å². The van der Waals surface area contributed by atoms with E-state index in [1.807, 2.05) is 48.6 Å². The lowest BCUT2D eigenvalue weighted by atomic mass is 10.1. The van der Waals surface area contributed by atoms with Crippen molar-refractivity contribution in [3.8, 4) is 0 Å². The second-order valence-electron chi connectivity index (χ2n) is 5.74. The van der Waals surface area contributed by atoms with E-state index in [9.17, 15) is 4.79 Å². The lowest BCUT2D eigenvalue weighted by Crippen LogP contribution is -2.41. The van der Waals surface area contributed by atoms with Crippen molar-refractivity contribution in [1.82, 2.24) is 20.0 Å². The number of nitrogens with zero attached hydrogens (tertiary/aromatic N) is 3. The molecular formula is C16H24N4OS. The first kappa shape index (κ1) is 16.7. The van der Waals surface area contributed by atoms with Gasteiger partial charge in [0.15, 0.2) is 0 Å². The average Bonchev–Trinajstić information content (AvgIpc) is 3.15. The number of amides is 1. The molecule has 2 heterocycles. The quantitative estimate of drug-likeness (QED) is 0.852. The summed E-state index contributed by atoms with van der Waals surface area (Å²) < 4.78 is 1.94. The van der Waals surface area contributed by atoms with Gasteiger partial charge in [0, 0.05) is 24.2 Å². The summed E-state index contributed by atoms with van der Waals surface area (Å²) in [5, 5.41) is 9.66. The van der Waals surface area contributed by atoms with E-state index in [0.717, 1.165) is 5.56 Å². The normalized spacial score (nSPS) is 13.8. The van der Waals surface area contributed by atoms with Crippen LogP contribution in [0.4, 0.5) is 0 Å². The van der Waals surface area contributed by atoms with Crippen LogP contribution in [0.2, 0.25) is 0 Å². The monoisotopic (exact) mass is 320 g/mol. The van der Waals surface area contributed by atoms with Gasteiger partial charge in [0.05, 0.1) is 25.3 Å². The summed E-state index contributed by atoms with van der Waals surface area (Å²) in [6.07, 6.45) is 3.87. The molecule has 120 valence electrons. The highest BCUT2D eigenvalue weighted by Crippen LogP contribution is 2.12. The van der Waals surface area contributed by atoms with Crippen molar-refractivity contribution >= 4 is 17.2 Å². The molecule has 6 heteroatoms. The Kier molecular flexibility index (Phi) is 5.74. The lowest BCUT2D eigenvalue weighted by Gasteiger charge is -2.23. The molecular weight excluding hydrogens is 296 g/mol. The van der Waals surface area contributed by atoms with Crippen LogP contribution in [0.3, 0.4) is 0 Å². The van der Waals surface area contributed by atoms with E-state index in [1.54, 1.807) is 16.2 Å². The standard InChI is InChI=1S/C16H24N4OS/c1-12-8-18-20(10-12)14(3)13(2)17-9-16(21)19(4)11-15-6-5-7-22-15/h5-8,10,13-14,17H,9,11H2,1-4H3. The minimum atomic E-state index is 0.101. The molecule has 1 N–H and O–H groups in total. The van der Waals surface area contributed by atoms with Gasteiger partial charge in [0.2, 0.25) is 5.91 Å². The summed E-state index contributed by atoms with van der Waals surface area (Å²) in [6, 6.07) is 4.42. The zero-order valence-corrected chi connectivity index (χ0v) is 14.4. The van der Waals surface area contributed by atoms with Crippen LogP contribution in [-0.4, -0.2) is 40.2 Å². The van der Waals surface area contributed by atoms with Crippen LogP contribution in [-0.2, 0) is 11.3 Å². The second-order valence-corrected chi connectivity index (χ2v) is 6.77. The Morgan fingerprint density at radius 1 is 1.50 bits per heavy atom. The van der Waals surface area contributed by atoms with Crippen molar-refractivity contribution in [2.75, 3.05) is 13.6 Å². The number of likely N-dealkylation sites (N-methyl/N-ethyl adjacent to an activating group) is 1. The summed E-state index contributed by atoms with van der Waals surface area (Å²) in [4.78, 5) is 15.1. The molecule has 2 atom stereocenters. The molecule has 5 nitrogen and oxygen atoms in total. The molecule has 0 radical (unpaired) electrons. The summed E-state index contributed by atoms with van der Waals surface area (Å²) in [5.74, 6) is 0.101. The van der Waals surface area contributed by atoms with Crippen LogP contribution in [0.25, 0.3) is 0 Å². The van der Waals surface area contributed by atoms with Gasteiger partial charge in [-0.25, -0.2) is 0 Å². The molecule has 2 aromatic rings. The summed E-state index contributed by atoms with van der Waals surface area (Å²) in [7, 11) is 1.84. The molecule has 0 spiro atoms. The van der Waals surface area contributed by atoms with Gasteiger partial charge in [-0.05, 0) is 37.8 Å². The second kappa shape index (κ2) is 7.56. The van der Waals surface area contributed by atoms with Crippen molar-refractivity contribution in [3.05, 3.63) is 40.3 Å². The molecule has 0 saturated carbocycles. The maximum Gasteiger partial charge on any atom is 0.236 e. The Balaban J connectivity index is 1.79. The predicted molar refractivity (Wildman–Crippen MR) is 89.9 cm³/mol. The van der Waals surface area contributed by atoms with Crippen LogP contribution in [0.15, 0.2) is 29.9 Å². The number of aromatic nitrogens is 2. The van der Waals surface area contributed by atoms with Crippen molar-refractivity contribution in [2.24, 2.45) is 0 Å². The van der Waals surface area contributed by atoms with Gasteiger partial charge >= 0.3 is 0 Å². The lowest BCUT2D eigenvalue weighted by molar-refractivity contribution is -0.129. The molecule has 2 unspecified atom stereocenters. The molecule has 0 aliphatic heterocycles. The Labute approximate surface area is 135 Å². The highest BCUT2D eigenvalue weighted by atomic mass is 32.1. The van der Waals surface area contributed by atoms with Gasteiger partial charge in [-0.15, -0.1) is 11.3 Å². The third-order valence-electron chi connectivity index (χ3n) is 3.85. The topological polar surface area (TPSA) is 50.2 Å². The average molecular weight is 320 g/mol. The fraction of sp³-hybridized carbons (Fsp3) is 0.500. The SMILES string of the molecule is Cc1cnn(C(C)C(C)NCC(=O)N(C)Cc2cccs2)c1. The summed E-state index contributed by atoms with van der Waals surface area (Å²) in [6.45, 7) is 7.21.